The third kappa shape index (κ3) is 7.50. The number of ketones is 1. The molecule has 0 spiro atoms. The first-order chi connectivity index (χ1) is 8.69. The van der Waals surface area contributed by atoms with Crippen LogP contribution in [0.25, 0.3) is 0 Å². The van der Waals surface area contributed by atoms with Gasteiger partial charge >= 0.3 is 0 Å². The van der Waals surface area contributed by atoms with Gasteiger partial charge in [0.15, 0.2) is 24.5 Å². The van der Waals surface area contributed by atoms with Crippen LogP contribution in [0, 0.1) is 0 Å². The molecular weight excluding hydrogens is 240 g/mol. The molecule has 6 heteroatoms. The first-order valence-electron chi connectivity index (χ1n) is 6.01. The fraction of sp³-hybridized carbons (Fsp3) is 0.833. The minimum Gasteiger partial charge on any atom is -0.382 e. The summed E-state index contributed by atoms with van der Waals surface area (Å²) in [5.41, 5.74) is 0. The highest BCUT2D eigenvalue weighted by Gasteiger charge is 2.22. The maximum atomic E-state index is 11.8. The van der Waals surface area contributed by atoms with Crippen molar-refractivity contribution >= 4 is 12.1 Å². The van der Waals surface area contributed by atoms with Crippen LogP contribution in [0.2, 0.25) is 0 Å². The van der Waals surface area contributed by atoms with Crippen molar-refractivity contribution in [1.29, 1.82) is 0 Å². The highest BCUT2D eigenvalue weighted by molar-refractivity contribution is 5.96. The Kier molecular flexibility index (Phi) is 10.8. The lowest BCUT2D eigenvalue weighted by molar-refractivity contribution is -0.159. The molecule has 0 fully saturated rings. The van der Waals surface area contributed by atoms with Crippen molar-refractivity contribution in [3.05, 3.63) is 0 Å². The molecule has 0 saturated heterocycles. The van der Waals surface area contributed by atoms with Gasteiger partial charge in [0.25, 0.3) is 0 Å². The summed E-state index contributed by atoms with van der Waals surface area (Å²) in [5, 5.41) is 0. The maximum absolute atomic E-state index is 11.8. The van der Waals surface area contributed by atoms with Gasteiger partial charge in [-0.1, -0.05) is 0 Å². The maximum Gasteiger partial charge on any atom is 0.173 e. The van der Waals surface area contributed by atoms with Gasteiger partial charge in [0.2, 0.25) is 0 Å². The predicted octanol–water partition coefficient (Wildman–Crippen LogP) is 0.575. The molecule has 0 radical (unpaired) electrons. The van der Waals surface area contributed by atoms with Gasteiger partial charge in [-0.2, -0.15) is 0 Å². The van der Waals surface area contributed by atoms with Crippen LogP contribution in [0.5, 0.6) is 0 Å². The van der Waals surface area contributed by atoms with Crippen molar-refractivity contribution < 1.29 is 28.5 Å². The van der Waals surface area contributed by atoms with E-state index in [9.17, 15) is 9.59 Å². The summed E-state index contributed by atoms with van der Waals surface area (Å²) in [7, 11) is 1.52. The third-order valence-electron chi connectivity index (χ3n) is 2.10. The molecule has 0 aliphatic heterocycles. The van der Waals surface area contributed by atoms with Gasteiger partial charge in [0, 0.05) is 20.3 Å². The van der Waals surface area contributed by atoms with Gasteiger partial charge in [-0.3, -0.25) is 9.59 Å². The number of aldehydes is 1. The Morgan fingerprint density at radius 1 is 1.11 bits per heavy atom. The van der Waals surface area contributed by atoms with Crippen molar-refractivity contribution in [3.63, 3.8) is 0 Å². The molecule has 1 atom stereocenters. The van der Waals surface area contributed by atoms with Gasteiger partial charge < -0.3 is 18.9 Å². The van der Waals surface area contributed by atoms with E-state index in [1.807, 2.05) is 13.8 Å². The molecule has 0 N–H and O–H groups in total. The molecule has 0 aliphatic carbocycles. The predicted molar refractivity (Wildman–Crippen MR) is 64.3 cm³/mol. The van der Waals surface area contributed by atoms with Crippen molar-refractivity contribution in [1.82, 2.24) is 0 Å². The molecule has 0 aromatic carbocycles. The summed E-state index contributed by atoms with van der Waals surface area (Å²) in [5.74, 6) is -0.354. The van der Waals surface area contributed by atoms with Gasteiger partial charge in [-0.25, -0.2) is 0 Å². The Balaban J connectivity index is 4.17. The van der Waals surface area contributed by atoms with E-state index in [1.54, 1.807) is 0 Å². The van der Waals surface area contributed by atoms with Crippen molar-refractivity contribution in [2.24, 2.45) is 0 Å². The summed E-state index contributed by atoms with van der Waals surface area (Å²) < 4.78 is 20.3. The van der Waals surface area contributed by atoms with Crippen LogP contribution < -0.4 is 0 Å². The van der Waals surface area contributed by atoms with Gasteiger partial charge in [-0.15, -0.1) is 0 Å². The highest BCUT2D eigenvalue weighted by atomic mass is 16.7. The quantitative estimate of drug-likeness (QED) is 0.222. The molecule has 0 rings (SSSR count). The summed E-state index contributed by atoms with van der Waals surface area (Å²) in [6, 6.07) is 0. The molecule has 18 heavy (non-hydrogen) atoms. The Bertz CT molecular complexity index is 225. The van der Waals surface area contributed by atoms with Crippen LogP contribution in [0.4, 0.5) is 0 Å². The SMILES string of the molecule is CCOC(CC(=O)C(C=O)OCCOC)OCC. The van der Waals surface area contributed by atoms with Crippen molar-refractivity contribution in [3.8, 4) is 0 Å². The van der Waals surface area contributed by atoms with Crippen LogP contribution in [0.15, 0.2) is 0 Å². The second kappa shape index (κ2) is 11.3. The third-order valence-corrected chi connectivity index (χ3v) is 2.10. The fourth-order valence-corrected chi connectivity index (χ4v) is 1.28. The molecule has 6 nitrogen and oxygen atoms in total. The van der Waals surface area contributed by atoms with Gasteiger partial charge in [0.05, 0.1) is 19.6 Å². The van der Waals surface area contributed by atoms with E-state index in [4.69, 9.17) is 18.9 Å². The minimum atomic E-state index is -1.08. The summed E-state index contributed by atoms with van der Waals surface area (Å²) in [6.07, 6.45) is -1.23. The highest BCUT2D eigenvalue weighted by Crippen LogP contribution is 2.05. The van der Waals surface area contributed by atoms with Crippen LogP contribution in [-0.2, 0) is 28.5 Å². The number of rotatable bonds is 12. The van der Waals surface area contributed by atoms with Crippen LogP contribution in [0.1, 0.15) is 20.3 Å². The number of hydrogen-bond acceptors (Lipinski definition) is 6. The second-order valence-electron chi connectivity index (χ2n) is 3.43. The first kappa shape index (κ1) is 17.2. The van der Waals surface area contributed by atoms with Gasteiger partial charge in [-0.05, 0) is 13.8 Å². The molecule has 0 amide bonds. The standard InChI is InChI=1S/C12H22O6/c1-4-16-12(17-5-2)8-10(14)11(9-13)18-7-6-15-3/h9,11-12H,4-8H2,1-3H3. The van der Waals surface area contributed by atoms with Crippen LogP contribution in [0.3, 0.4) is 0 Å². The normalized spacial score (nSPS) is 12.7. The number of hydrogen-bond donors (Lipinski definition) is 0. The zero-order valence-electron chi connectivity index (χ0n) is 11.2. The van der Waals surface area contributed by atoms with E-state index >= 15 is 0 Å². The van der Waals surface area contributed by atoms with E-state index in [0.29, 0.717) is 26.1 Å². The van der Waals surface area contributed by atoms with E-state index in [2.05, 4.69) is 0 Å². The monoisotopic (exact) mass is 262 g/mol. The zero-order chi connectivity index (χ0) is 13.8. The van der Waals surface area contributed by atoms with Crippen LogP contribution >= 0.6 is 0 Å². The molecule has 0 aromatic heterocycles. The van der Waals surface area contributed by atoms with Crippen molar-refractivity contribution in [2.45, 2.75) is 32.7 Å². The van der Waals surface area contributed by atoms with E-state index in [-0.39, 0.29) is 18.8 Å². The molecule has 0 aliphatic rings. The van der Waals surface area contributed by atoms with E-state index in [1.165, 1.54) is 7.11 Å². The number of methoxy groups -OCH3 is 1. The summed E-state index contributed by atoms with van der Waals surface area (Å²) in [6.45, 7) is 5.02. The molecule has 106 valence electrons. The second-order valence-corrected chi connectivity index (χ2v) is 3.43. The summed E-state index contributed by atoms with van der Waals surface area (Å²) in [4.78, 5) is 22.5. The molecule has 0 saturated carbocycles. The fourth-order valence-electron chi connectivity index (χ4n) is 1.28. The molecule has 0 heterocycles. The lowest BCUT2D eigenvalue weighted by Gasteiger charge is -2.18. The smallest absolute Gasteiger partial charge is 0.173 e. The number of carbonyl (C=O) groups excluding carboxylic acids is 2. The lowest BCUT2D eigenvalue weighted by Crippen LogP contribution is -2.32. The van der Waals surface area contributed by atoms with Gasteiger partial charge in [0.1, 0.15) is 0 Å². The molecule has 0 aromatic rings. The zero-order valence-corrected chi connectivity index (χ0v) is 11.2. The Labute approximate surface area is 108 Å². The van der Waals surface area contributed by atoms with E-state index < -0.39 is 12.4 Å². The number of carbonyl (C=O) groups is 2. The molecular formula is C12H22O6. The summed E-state index contributed by atoms with van der Waals surface area (Å²) >= 11 is 0. The minimum absolute atomic E-state index is 0.00192. The average molecular weight is 262 g/mol. The molecule has 0 bridgehead atoms. The number of ether oxygens (including phenoxy) is 4. The van der Waals surface area contributed by atoms with E-state index in [0.717, 1.165) is 0 Å². The Morgan fingerprint density at radius 2 is 1.72 bits per heavy atom. The Hall–Kier alpha value is -0.820. The largest absolute Gasteiger partial charge is 0.382 e. The Morgan fingerprint density at radius 3 is 2.17 bits per heavy atom. The lowest BCUT2D eigenvalue weighted by atomic mass is 10.2. The average Bonchev–Trinajstić information content (AvgIpc) is 2.35. The van der Waals surface area contributed by atoms with Crippen molar-refractivity contribution in [2.75, 3.05) is 33.5 Å². The van der Waals surface area contributed by atoms with Crippen LogP contribution in [-0.4, -0.2) is 58.0 Å². The first-order valence-corrected chi connectivity index (χ1v) is 6.01. The molecule has 1 unspecified atom stereocenters. The number of Topliss-reactive ketones (excluding diaryl/α,β-unsaturated/α-hetero) is 1. The topological polar surface area (TPSA) is 71.1 Å².